The Morgan fingerprint density at radius 3 is 2.05 bits per heavy atom. The minimum atomic E-state index is -0.296. The highest BCUT2D eigenvalue weighted by molar-refractivity contribution is 6.07. The van der Waals surface area contributed by atoms with E-state index in [2.05, 4.69) is 21.2 Å². The average molecular weight is 266 g/mol. The van der Waals surface area contributed by atoms with Crippen LogP contribution in [0.1, 0.15) is 0 Å². The first-order valence-corrected chi connectivity index (χ1v) is 6.31. The maximum Gasteiger partial charge on any atom is 0.333 e. The van der Waals surface area contributed by atoms with Crippen molar-refractivity contribution in [3.05, 3.63) is 48.5 Å². The van der Waals surface area contributed by atoms with Gasteiger partial charge >= 0.3 is 6.03 Å². The average Bonchev–Trinajstić information content (AvgIpc) is 2.51. The maximum absolute atomic E-state index is 11.4. The Morgan fingerprint density at radius 2 is 1.50 bits per heavy atom. The van der Waals surface area contributed by atoms with Crippen molar-refractivity contribution in [3.8, 4) is 0 Å². The fourth-order valence-corrected chi connectivity index (χ4v) is 2.16. The lowest BCUT2D eigenvalue weighted by atomic mass is 10.1. The zero-order valence-electron chi connectivity index (χ0n) is 11.0. The quantitative estimate of drug-likeness (QED) is 0.493. The van der Waals surface area contributed by atoms with E-state index >= 15 is 0 Å². The number of benzene rings is 2. The summed E-state index contributed by atoms with van der Waals surface area (Å²) in [6, 6.07) is 15.3. The number of para-hydroxylation sites is 2. The van der Waals surface area contributed by atoms with Crippen LogP contribution in [0.5, 0.6) is 0 Å². The third kappa shape index (κ3) is 2.09. The summed E-state index contributed by atoms with van der Waals surface area (Å²) in [7, 11) is 1.57. The maximum atomic E-state index is 11.4. The van der Waals surface area contributed by atoms with Gasteiger partial charge in [0.2, 0.25) is 0 Å². The molecular weight excluding hydrogens is 252 g/mol. The second-order valence-electron chi connectivity index (χ2n) is 4.35. The molecule has 100 valence electrons. The minimum Gasteiger partial charge on any atom is -0.340 e. The lowest BCUT2D eigenvalue weighted by molar-refractivity contribution is 0.245. The predicted octanol–water partition coefficient (Wildman–Crippen LogP) is 2.64. The van der Waals surface area contributed by atoms with Crippen LogP contribution in [0.2, 0.25) is 0 Å². The number of anilines is 1. The Kier molecular flexibility index (Phi) is 3.09. The van der Waals surface area contributed by atoms with Crippen LogP contribution in [0.15, 0.2) is 48.5 Å². The number of nitrogens with zero attached hydrogens (tertiary/aromatic N) is 1. The van der Waals surface area contributed by atoms with E-state index in [0.29, 0.717) is 0 Å². The number of aromatic nitrogens is 1. The van der Waals surface area contributed by atoms with Gasteiger partial charge in [0.05, 0.1) is 16.7 Å². The van der Waals surface area contributed by atoms with E-state index in [1.54, 1.807) is 7.05 Å². The first-order chi connectivity index (χ1) is 9.79. The molecule has 0 radical (unpaired) electrons. The third-order valence-electron chi connectivity index (χ3n) is 3.12. The smallest absolute Gasteiger partial charge is 0.333 e. The summed E-state index contributed by atoms with van der Waals surface area (Å²) in [5, 5.41) is 4.42. The van der Waals surface area contributed by atoms with Crippen molar-refractivity contribution in [2.45, 2.75) is 0 Å². The molecule has 0 saturated heterocycles. The van der Waals surface area contributed by atoms with Crippen LogP contribution in [0, 0.1) is 0 Å². The molecule has 3 rings (SSSR count). The largest absolute Gasteiger partial charge is 0.340 e. The van der Waals surface area contributed by atoms with Gasteiger partial charge in [0, 0.05) is 17.8 Å². The van der Waals surface area contributed by atoms with Crippen LogP contribution < -0.4 is 16.2 Å². The summed E-state index contributed by atoms with van der Waals surface area (Å²) >= 11 is 0. The number of hydrogen-bond donors (Lipinski definition) is 3. The second kappa shape index (κ2) is 5.05. The van der Waals surface area contributed by atoms with Gasteiger partial charge in [-0.05, 0) is 12.1 Å². The molecule has 5 heteroatoms. The molecule has 0 atom stereocenters. The van der Waals surface area contributed by atoms with Crippen LogP contribution in [0.4, 0.5) is 10.5 Å². The Bertz CT molecular complexity index is 731. The molecule has 3 N–H and O–H groups in total. The number of carbonyl (C=O) groups is 1. The standard InChI is InChI=1S/C15H14N4O/c1-16-15(20)19-18-14-10-6-2-4-8-12(10)17-13-9-5-3-7-11(13)14/h2-9H,1H3,(H,17,18)(H2,16,19,20). The zero-order valence-corrected chi connectivity index (χ0v) is 11.0. The van der Waals surface area contributed by atoms with Crippen LogP contribution >= 0.6 is 0 Å². The van der Waals surface area contributed by atoms with Crippen LogP contribution in [-0.2, 0) is 0 Å². The number of pyridine rings is 1. The third-order valence-corrected chi connectivity index (χ3v) is 3.12. The van der Waals surface area contributed by atoms with E-state index < -0.39 is 0 Å². The number of rotatable bonds is 2. The summed E-state index contributed by atoms with van der Waals surface area (Å²) in [6.07, 6.45) is 0. The van der Waals surface area contributed by atoms with Crippen molar-refractivity contribution in [1.29, 1.82) is 0 Å². The molecule has 0 bridgehead atoms. The number of hydrogen-bond acceptors (Lipinski definition) is 3. The summed E-state index contributed by atoms with van der Waals surface area (Å²) in [5.41, 5.74) is 8.19. The van der Waals surface area contributed by atoms with Gasteiger partial charge in [0.1, 0.15) is 0 Å². The van der Waals surface area contributed by atoms with Gasteiger partial charge < -0.3 is 5.32 Å². The summed E-state index contributed by atoms with van der Waals surface area (Å²) in [4.78, 5) is 16.0. The highest BCUT2D eigenvalue weighted by Gasteiger charge is 2.08. The van der Waals surface area contributed by atoms with Crippen molar-refractivity contribution >= 4 is 33.5 Å². The van der Waals surface area contributed by atoms with Crippen LogP contribution in [0.25, 0.3) is 21.8 Å². The predicted molar refractivity (Wildman–Crippen MR) is 80.5 cm³/mol. The molecule has 0 saturated carbocycles. The number of hydrazine groups is 1. The molecule has 0 fully saturated rings. The van der Waals surface area contributed by atoms with Crippen molar-refractivity contribution in [2.75, 3.05) is 12.5 Å². The van der Waals surface area contributed by atoms with Crippen molar-refractivity contribution < 1.29 is 4.79 Å². The first kappa shape index (κ1) is 12.2. The van der Waals surface area contributed by atoms with E-state index in [1.165, 1.54) is 0 Å². The lowest BCUT2D eigenvalue weighted by Gasteiger charge is -2.13. The van der Waals surface area contributed by atoms with Gasteiger partial charge in [-0.3, -0.25) is 10.9 Å². The van der Waals surface area contributed by atoms with Gasteiger partial charge in [-0.25, -0.2) is 9.78 Å². The van der Waals surface area contributed by atoms with Gasteiger partial charge in [-0.2, -0.15) is 0 Å². The normalized spacial score (nSPS) is 10.4. The SMILES string of the molecule is CNC(=O)NNc1c2ccccc2nc2ccccc12. The van der Waals surface area contributed by atoms with Gasteiger partial charge in [-0.1, -0.05) is 36.4 Å². The second-order valence-corrected chi connectivity index (χ2v) is 4.35. The molecule has 0 aliphatic carbocycles. The molecule has 1 heterocycles. The first-order valence-electron chi connectivity index (χ1n) is 6.31. The Labute approximate surface area is 116 Å². The number of fused-ring (bicyclic) bond motifs is 2. The summed E-state index contributed by atoms with van der Waals surface area (Å²) in [5.74, 6) is 0. The molecule has 5 nitrogen and oxygen atoms in total. The molecule has 0 aliphatic heterocycles. The Hall–Kier alpha value is -2.82. The minimum absolute atomic E-state index is 0.296. The fraction of sp³-hybridized carbons (Fsp3) is 0.0667. The molecule has 3 aromatic rings. The molecule has 1 aromatic heterocycles. The highest BCUT2D eigenvalue weighted by atomic mass is 16.2. The van der Waals surface area contributed by atoms with Crippen molar-refractivity contribution in [3.63, 3.8) is 0 Å². The van der Waals surface area contributed by atoms with Gasteiger partial charge in [0.25, 0.3) is 0 Å². The molecule has 2 aromatic carbocycles. The van der Waals surface area contributed by atoms with E-state index in [0.717, 1.165) is 27.5 Å². The molecular formula is C15H14N4O. The summed E-state index contributed by atoms with van der Waals surface area (Å²) < 4.78 is 0. The molecule has 20 heavy (non-hydrogen) atoms. The Morgan fingerprint density at radius 1 is 0.950 bits per heavy atom. The van der Waals surface area contributed by atoms with E-state index in [4.69, 9.17) is 0 Å². The number of urea groups is 1. The van der Waals surface area contributed by atoms with Crippen molar-refractivity contribution in [1.82, 2.24) is 15.7 Å². The number of carbonyl (C=O) groups excluding carboxylic acids is 1. The zero-order chi connectivity index (χ0) is 13.9. The fourth-order valence-electron chi connectivity index (χ4n) is 2.16. The highest BCUT2D eigenvalue weighted by Crippen LogP contribution is 2.29. The number of nitrogens with one attached hydrogen (secondary N) is 3. The lowest BCUT2D eigenvalue weighted by Crippen LogP contribution is -2.36. The monoisotopic (exact) mass is 266 g/mol. The number of amides is 2. The van der Waals surface area contributed by atoms with Crippen LogP contribution in [-0.4, -0.2) is 18.1 Å². The van der Waals surface area contributed by atoms with Gasteiger partial charge in [-0.15, -0.1) is 0 Å². The Balaban J connectivity index is 2.20. The molecule has 0 aliphatic rings. The molecule has 2 amide bonds. The van der Waals surface area contributed by atoms with E-state index in [-0.39, 0.29) is 6.03 Å². The van der Waals surface area contributed by atoms with E-state index in [1.807, 2.05) is 48.5 Å². The van der Waals surface area contributed by atoms with Gasteiger partial charge in [0.15, 0.2) is 0 Å². The van der Waals surface area contributed by atoms with Crippen LogP contribution in [0.3, 0.4) is 0 Å². The summed E-state index contributed by atoms with van der Waals surface area (Å²) in [6.45, 7) is 0. The van der Waals surface area contributed by atoms with Crippen molar-refractivity contribution in [2.24, 2.45) is 0 Å². The van der Waals surface area contributed by atoms with E-state index in [9.17, 15) is 4.79 Å². The molecule has 0 unspecified atom stereocenters. The topological polar surface area (TPSA) is 66.1 Å². The molecule has 0 spiro atoms.